The van der Waals surface area contributed by atoms with E-state index in [-0.39, 0.29) is 5.41 Å². The van der Waals surface area contributed by atoms with Crippen molar-refractivity contribution in [2.75, 3.05) is 0 Å². The van der Waals surface area contributed by atoms with Gasteiger partial charge >= 0.3 is 0 Å². The molecule has 0 saturated carbocycles. The maximum absolute atomic E-state index is 5.48. The smallest absolute Gasteiger partial charge is 0.160 e. The van der Waals surface area contributed by atoms with Crippen LogP contribution in [0.25, 0.3) is 77.6 Å². The molecule has 47 heavy (non-hydrogen) atoms. The molecule has 0 spiro atoms. The maximum Gasteiger partial charge on any atom is 0.160 e. The highest BCUT2D eigenvalue weighted by Crippen LogP contribution is 2.56. The van der Waals surface area contributed by atoms with E-state index < -0.39 is 0 Å². The van der Waals surface area contributed by atoms with E-state index in [0.717, 1.165) is 39.5 Å². The van der Waals surface area contributed by atoms with Crippen molar-refractivity contribution in [1.29, 1.82) is 0 Å². The number of hydrogen-bond donors (Lipinski definition) is 0. The number of hydrogen-bond acceptors (Lipinski definition) is 2. The Bertz CT molecular complexity index is 2480. The Morgan fingerprint density at radius 1 is 0.383 bits per heavy atom. The molecule has 222 valence electrons. The van der Waals surface area contributed by atoms with Gasteiger partial charge < -0.3 is 0 Å². The van der Waals surface area contributed by atoms with Gasteiger partial charge in [0.25, 0.3) is 0 Å². The maximum atomic E-state index is 5.48. The number of nitrogens with zero attached hydrogens (tertiary/aromatic N) is 2. The van der Waals surface area contributed by atoms with Crippen LogP contribution >= 0.6 is 0 Å². The molecular weight excluding hydrogens is 569 g/mol. The van der Waals surface area contributed by atoms with Crippen LogP contribution in [0.4, 0.5) is 0 Å². The molecule has 0 saturated heterocycles. The highest BCUT2D eigenvalue weighted by molar-refractivity contribution is 6.19. The normalized spacial score (nSPS) is 13.1. The number of fused-ring (bicyclic) bond motifs is 8. The Morgan fingerprint density at radius 3 is 1.51 bits per heavy atom. The first kappa shape index (κ1) is 27.5. The Kier molecular flexibility index (Phi) is 6.20. The van der Waals surface area contributed by atoms with Gasteiger partial charge in [0.05, 0.1) is 11.4 Å². The molecule has 1 aliphatic rings. The Labute approximate surface area is 275 Å². The lowest BCUT2D eigenvalue weighted by Gasteiger charge is -2.23. The van der Waals surface area contributed by atoms with Gasteiger partial charge in [-0.05, 0) is 67.1 Å². The minimum absolute atomic E-state index is 0.336. The van der Waals surface area contributed by atoms with Gasteiger partial charge in [0.15, 0.2) is 5.82 Å². The zero-order chi connectivity index (χ0) is 31.5. The van der Waals surface area contributed by atoms with Crippen molar-refractivity contribution in [3.8, 4) is 56.0 Å². The van der Waals surface area contributed by atoms with Gasteiger partial charge in [-0.2, -0.15) is 0 Å². The van der Waals surface area contributed by atoms with Gasteiger partial charge in [0, 0.05) is 22.1 Å². The van der Waals surface area contributed by atoms with E-state index >= 15 is 0 Å². The van der Waals surface area contributed by atoms with E-state index in [1.807, 2.05) is 0 Å². The molecule has 0 amide bonds. The van der Waals surface area contributed by atoms with E-state index in [4.69, 9.17) is 9.97 Å². The molecule has 0 aliphatic heterocycles. The van der Waals surface area contributed by atoms with E-state index in [1.54, 1.807) is 0 Å². The molecule has 0 fully saturated rings. The molecule has 9 rings (SSSR count). The van der Waals surface area contributed by atoms with E-state index in [0.29, 0.717) is 0 Å². The van der Waals surface area contributed by atoms with Crippen LogP contribution in [-0.2, 0) is 5.41 Å². The summed E-state index contributed by atoms with van der Waals surface area (Å²) in [5, 5.41) is 5.08. The Balaban J connectivity index is 1.29. The van der Waals surface area contributed by atoms with E-state index in [2.05, 4.69) is 172 Å². The second-order valence-corrected chi connectivity index (χ2v) is 13.0. The second-order valence-electron chi connectivity index (χ2n) is 13.0. The molecule has 0 bridgehead atoms. The van der Waals surface area contributed by atoms with Crippen molar-refractivity contribution in [3.63, 3.8) is 0 Å². The summed E-state index contributed by atoms with van der Waals surface area (Å²) in [5.74, 6) is 0.748. The van der Waals surface area contributed by atoms with E-state index in [1.165, 1.54) is 49.4 Å². The van der Waals surface area contributed by atoms with Gasteiger partial charge in [-0.25, -0.2) is 9.97 Å². The largest absolute Gasteiger partial charge is 0.231 e. The molecule has 1 heterocycles. The third kappa shape index (κ3) is 4.33. The summed E-state index contributed by atoms with van der Waals surface area (Å²) in [6.45, 7) is 4.66. The highest BCUT2D eigenvalue weighted by atomic mass is 14.9. The first-order valence-electron chi connectivity index (χ1n) is 16.3. The molecule has 1 aliphatic carbocycles. The molecule has 1 aromatic heterocycles. The second kappa shape index (κ2) is 10.6. The highest BCUT2D eigenvalue weighted by Gasteiger charge is 2.42. The average Bonchev–Trinajstić information content (AvgIpc) is 3.39. The summed E-state index contributed by atoms with van der Waals surface area (Å²) in [7, 11) is 0. The van der Waals surface area contributed by atoms with Crippen LogP contribution < -0.4 is 0 Å². The number of aromatic nitrogens is 2. The molecule has 2 heteroatoms. The lowest BCUT2D eigenvalue weighted by Crippen LogP contribution is -2.18. The SMILES string of the molecule is CC1(C)c2nc(-c3cccc(-c4cccc(-c5ccccc5)c4)c3)nc(-c3ccccc3)c2-c2c1c1ccccc1c1ccccc21. The fraction of sp³-hybridized carbons (Fsp3) is 0.0667. The third-order valence-corrected chi connectivity index (χ3v) is 9.78. The standard InChI is InChI=1S/C45H32N2/c1-45(2)41-38-26-12-10-24-36(38)35-23-9-11-25-37(35)39(41)40-42(30-17-7-4-8-18-30)46-44(47-43(40)45)34-22-14-21-33(28-34)32-20-13-19-31(27-32)29-15-5-3-6-16-29/h3-28H,1-2H3. The monoisotopic (exact) mass is 600 g/mol. The topological polar surface area (TPSA) is 25.8 Å². The van der Waals surface area contributed by atoms with Crippen LogP contribution in [0, 0.1) is 0 Å². The van der Waals surface area contributed by atoms with E-state index in [9.17, 15) is 0 Å². The Hall–Kier alpha value is -5.86. The molecule has 0 unspecified atom stereocenters. The molecule has 0 radical (unpaired) electrons. The van der Waals surface area contributed by atoms with Gasteiger partial charge in [0.1, 0.15) is 0 Å². The lowest BCUT2D eigenvalue weighted by atomic mass is 9.81. The molecular formula is C45H32N2. The first-order valence-corrected chi connectivity index (χ1v) is 16.3. The van der Waals surface area contributed by atoms with Crippen molar-refractivity contribution < 1.29 is 0 Å². The number of rotatable bonds is 4. The van der Waals surface area contributed by atoms with Crippen LogP contribution in [0.15, 0.2) is 158 Å². The molecule has 0 atom stereocenters. The summed E-state index contributed by atoms with van der Waals surface area (Å²) in [4.78, 5) is 10.9. The van der Waals surface area contributed by atoms with Gasteiger partial charge in [-0.1, -0.05) is 159 Å². The Morgan fingerprint density at radius 2 is 0.851 bits per heavy atom. The summed E-state index contributed by atoms with van der Waals surface area (Å²) >= 11 is 0. The van der Waals surface area contributed by atoms with Crippen molar-refractivity contribution in [2.45, 2.75) is 19.3 Å². The first-order chi connectivity index (χ1) is 23.1. The minimum Gasteiger partial charge on any atom is -0.231 e. The van der Waals surface area contributed by atoms with Gasteiger partial charge in [-0.3, -0.25) is 0 Å². The third-order valence-electron chi connectivity index (χ3n) is 9.78. The number of benzene rings is 7. The van der Waals surface area contributed by atoms with Crippen LogP contribution in [0.3, 0.4) is 0 Å². The van der Waals surface area contributed by atoms with Crippen LogP contribution in [0.5, 0.6) is 0 Å². The van der Waals surface area contributed by atoms with Crippen LogP contribution in [-0.4, -0.2) is 9.97 Å². The summed E-state index contributed by atoms with van der Waals surface area (Å²) in [6, 6.07) is 56.2. The van der Waals surface area contributed by atoms with Crippen molar-refractivity contribution in [2.24, 2.45) is 0 Å². The molecule has 2 nitrogen and oxygen atoms in total. The fourth-order valence-electron chi connectivity index (χ4n) is 7.60. The molecule has 7 aromatic carbocycles. The van der Waals surface area contributed by atoms with Crippen LogP contribution in [0.1, 0.15) is 25.1 Å². The summed E-state index contributed by atoms with van der Waals surface area (Å²) < 4.78 is 0. The summed E-state index contributed by atoms with van der Waals surface area (Å²) in [6.07, 6.45) is 0. The quantitative estimate of drug-likeness (QED) is 0.188. The predicted molar refractivity (Wildman–Crippen MR) is 196 cm³/mol. The predicted octanol–water partition coefficient (Wildman–Crippen LogP) is 11.8. The average molecular weight is 601 g/mol. The fourth-order valence-corrected chi connectivity index (χ4v) is 7.60. The minimum atomic E-state index is -0.336. The molecule has 0 N–H and O–H groups in total. The van der Waals surface area contributed by atoms with Gasteiger partial charge in [-0.15, -0.1) is 0 Å². The van der Waals surface area contributed by atoms with Gasteiger partial charge in [0.2, 0.25) is 0 Å². The summed E-state index contributed by atoms with van der Waals surface area (Å²) in [5.41, 5.74) is 12.3. The lowest BCUT2D eigenvalue weighted by molar-refractivity contribution is 0.641. The zero-order valence-electron chi connectivity index (χ0n) is 26.4. The van der Waals surface area contributed by atoms with Crippen LogP contribution in [0.2, 0.25) is 0 Å². The molecule has 8 aromatic rings. The zero-order valence-corrected chi connectivity index (χ0v) is 26.4. The van der Waals surface area contributed by atoms with Crippen molar-refractivity contribution in [3.05, 3.63) is 169 Å². The van der Waals surface area contributed by atoms with Crippen molar-refractivity contribution >= 4 is 21.5 Å². The van der Waals surface area contributed by atoms with Crippen molar-refractivity contribution in [1.82, 2.24) is 9.97 Å².